The molecule has 2 rings (SSSR count). The van der Waals surface area contributed by atoms with Crippen LogP contribution in [0.25, 0.3) is 0 Å². The van der Waals surface area contributed by atoms with Gasteiger partial charge in [-0.1, -0.05) is 0 Å². The normalized spacial score (nSPS) is 18.8. The van der Waals surface area contributed by atoms with Crippen LogP contribution in [-0.2, 0) is 4.74 Å². The van der Waals surface area contributed by atoms with Gasteiger partial charge in [0.05, 0.1) is 11.0 Å². The smallest absolute Gasteiger partial charge is 0.329 e. The highest BCUT2D eigenvalue weighted by molar-refractivity contribution is 6.28. The van der Waals surface area contributed by atoms with Crippen molar-refractivity contribution in [1.29, 1.82) is 0 Å². The van der Waals surface area contributed by atoms with Gasteiger partial charge in [0.15, 0.2) is 0 Å². The number of aromatic nitrogens is 2. The van der Waals surface area contributed by atoms with Gasteiger partial charge in [0, 0.05) is 13.2 Å². The van der Waals surface area contributed by atoms with Crippen molar-refractivity contribution >= 4 is 23.1 Å². The number of hydrogen-bond donors (Lipinski definition) is 1. The molecule has 1 aliphatic rings. The van der Waals surface area contributed by atoms with E-state index < -0.39 is 4.92 Å². The fourth-order valence-electron chi connectivity index (χ4n) is 1.84. The van der Waals surface area contributed by atoms with Crippen LogP contribution in [0.2, 0.25) is 5.28 Å². The van der Waals surface area contributed by atoms with E-state index in [2.05, 4.69) is 15.3 Å². The maximum Gasteiger partial charge on any atom is 0.329 e. The highest BCUT2D eigenvalue weighted by Gasteiger charge is 2.18. The summed E-state index contributed by atoms with van der Waals surface area (Å²) in [7, 11) is 0. The number of ether oxygens (including phenoxy) is 1. The fraction of sp³-hybridized carbons (Fsp3) is 0.600. The van der Waals surface area contributed by atoms with E-state index in [4.69, 9.17) is 16.3 Å². The van der Waals surface area contributed by atoms with Gasteiger partial charge in [0.1, 0.15) is 6.20 Å². The van der Waals surface area contributed by atoms with Gasteiger partial charge in [-0.2, -0.15) is 4.98 Å². The van der Waals surface area contributed by atoms with Gasteiger partial charge in [-0.3, -0.25) is 10.1 Å². The van der Waals surface area contributed by atoms with Crippen molar-refractivity contribution in [2.75, 3.05) is 18.5 Å². The lowest BCUT2D eigenvalue weighted by Crippen LogP contribution is -2.14. The molecule has 0 bridgehead atoms. The second kappa shape index (κ2) is 5.92. The molecule has 8 heteroatoms. The summed E-state index contributed by atoms with van der Waals surface area (Å²) in [6, 6.07) is 0. The lowest BCUT2D eigenvalue weighted by molar-refractivity contribution is -0.384. The Balaban J connectivity index is 1.94. The fourth-order valence-corrected chi connectivity index (χ4v) is 1.97. The van der Waals surface area contributed by atoms with Crippen LogP contribution in [0.5, 0.6) is 0 Å². The van der Waals surface area contributed by atoms with Gasteiger partial charge in [0.2, 0.25) is 11.1 Å². The van der Waals surface area contributed by atoms with E-state index in [-0.39, 0.29) is 22.9 Å². The number of nitro groups is 1. The van der Waals surface area contributed by atoms with E-state index >= 15 is 0 Å². The van der Waals surface area contributed by atoms with Gasteiger partial charge in [-0.25, -0.2) is 4.98 Å². The monoisotopic (exact) mass is 272 g/mol. The molecule has 7 nitrogen and oxygen atoms in total. The number of hydrogen-bond acceptors (Lipinski definition) is 6. The Kier molecular flexibility index (Phi) is 4.27. The minimum Gasteiger partial charge on any atom is -0.378 e. The first-order valence-electron chi connectivity index (χ1n) is 5.69. The molecule has 1 aromatic rings. The molecule has 1 saturated heterocycles. The second-order valence-corrected chi connectivity index (χ2v) is 4.32. The van der Waals surface area contributed by atoms with E-state index in [1.165, 1.54) is 0 Å². The zero-order chi connectivity index (χ0) is 13.0. The standard InChI is InChI=1S/C10H13ClN4O3/c11-10-13-6-8(15(16)17)9(14-10)12-4-3-7-2-1-5-18-7/h6-7H,1-5H2,(H,12,13,14). The molecular formula is C10H13ClN4O3. The molecule has 1 atom stereocenters. The molecule has 1 unspecified atom stereocenters. The van der Waals surface area contributed by atoms with Crippen molar-refractivity contribution < 1.29 is 9.66 Å². The van der Waals surface area contributed by atoms with E-state index in [0.717, 1.165) is 32.1 Å². The Hall–Kier alpha value is -1.47. The number of nitrogens with one attached hydrogen (secondary N) is 1. The lowest BCUT2D eigenvalue weighted by Gasteiger charge is -2.10. The maximum absolute atomic E-state index is 10.8. The summed E-state index contributed by atoms with van der Waals surface area (Å²) in [6.45, 7) is 1.35. The van der Waals surface area contributed by atoms with Gasteiger partial charge in [0.25, 0.3) is 0 Å². The Morgan fingerprint density at radius 2 is 2.50 bits per heavy atom. The van der Waals surface area contributed by atoms with Crippen LogP contribution >= 0.6 is 11.6 Å². The molecule has 1 aromatic heterocycles. The third kappa shape index (κ3) is 3.27. The SMILES string of the molecule is O=[N+]([O-])c1cnc(Cl)nc1NCCC1CCCO1. The summed E-state index contributed by atoms with van der Waals surface area (Å²) < 4.78 is 5.46. The molecule has 0 spiro atoms. The molecule has 2 heterocycles. The summed E-state index contributed by atoms with van der Waals surface area (Å²) in [5, 5.41) is 13.7. The summed E-state index contributed by atoms with van der Waals surface area (Å²) in [5.74, 6) is 0.151. The van der Waals surface area contributed by atoms with Crippen LogP contribution < -0.4 is 5.32 Å². The summed E-state index contributed by atoms with van der Waals surface area (Å²) in [5.41, 5.74) is -0.174. The minimum absolute atomic E-state index is 0.0137. The first kappa shape index (κ1) is 13.0. The van der Waals surface area contributed by atoms with Crippen molar-refractivity contribution in [3.8, 4) is 0 Å². The Bertz CT molecular complexity index is 437. The van der Waals surface area contributed by atoms with Gasteiger partial charge in [-0.15, -0.1) is 0 Å². The van der Waals surface area contributed by atoms with E-state index in [1.54, 1.807) is 0 Å². The highest BCUT2D eigenvalue weighted by Crippen LogP contribution is 2.22. The van der Waals surface area contributed by atoms with Gasteiger partial charge in [-0.05, 0) is 30.9 Å². The number of anilines is 1. The Labute approximate surface area is 109 Å². The van der Waals surface area contributed by atoms with Crippen LogP contribution in [0, 0.1) is 10.1 Å². The van der Waals surface area contributed by atoms with Crippen molar-refractivity contribution in [2.45, 2.75) is 25.4 Å². The quantitative estimate of drug-likeness (QED) is 0.501. The zero-order valence-electron chi connectivity index (χ0n) is 9.63. The van der Waals surface area contributed by atoms with Crippen LogP contribution in [-0.4, -0.2) is 34.1 Å². The van der Waals surface area contributed by atoms with Crippen LogP contribution in [0.1, 0.15) is 19.3 Å². The number of rotatable bonds is 5. The average Bonchev–Trinajstić information content (AvgIpc) is 2.82. The second-order valence-electron chi connectivity index (χ2n) is 3.98. The average molecular weight is 273 g/mol. The van der Waals surface area contributed by atoms with Crippen molar-refractivity contribution in [3.05, 3.63) is 21.6 Å². The molecule has 0 amide bonds. The topological polar surface area (TPSA) is 90.2 Å². The minimum atomic E-state index is -0.537. The van der Waals surface area contributed by atoms with Crippen LogP contribution in [0.15, 0.2) is 6.20 Å². The van der Waals surface area contributed by atoms with Gasteiger partial charge < -0.3 is 10.1 Å². The summed E-state index contributed by atoms with van der Waals surface area (Å²) in [6.07, 6.45) is 4.23. The third-order valence-corrected chi connectivity index (χ3v) is 2.90. The van der Waals surface area contributed by atoms with Crippen molar-refractivity contribution in [2.24, 2.45) is 0 Å². The van der Waals surface area contributed by atoms with E-state index in [9.17, 15) is 10.1 Å². The first-order chi connectivity index (χ1) is 8.66. The van der Waals surface area contributed by atoms with Crippen LogP contribution in [0.4, 0.5) is 11.5 Å². The predicted octanol–water partition coefficient (Wildman–Crippen LogP) is 2.02. The summed E-state index contributed by atoms with van der Waals surface area (Å²) >= 11 is 5.62. The maximum atomic E-state index is 10.8. The first-order valence-corrected chi connectivity index (χ1v) is 6.07. The number of nitrogens with zero attached hydrogens (tertiary/aromatic N) is 3. The molecule has 1 aliphatic heterocycles. The molecule has 0 aliphatic carbocycles. The molecule has 98 valence electrons. The van der Waals surface area contributed by atoms with Crippen molar-refractivity contribution in [3.63, 3.8) is 0 Å². The molecule has 0 aromatic carbocycles. The summed E-state index contributed by atoms with van der Waals surface area (Å²) in [4.78, 5) is 17.6. The van der Waals surface area contributed by atoms with Gasteiger partial charge >= 0.3 is 5.69 Å². The van der Waals surface area contributed by atoms with Crippen LogP contribution in [0.3, 0.4) is 0 Å². The zero-order valence-corrected chi connectivity index (χ0v) is 10.4. The predicted molar refractivity (Wildman–Crippen MR) is 65.8 cm³/mol. The third-order valence-electron chi connectivity index (χ3n) is 2.72. The Morgan fingerprint density at radius 3 is 3.17 bits per heavy atom. The largest absolute Gasteiger partial charge is 0.378 e. The molecule has 18 heavy (non-hydrogen) atoms. The molecule has 1 N–H and O–H groups in total. The van der Waals surface area contributed by atoms with E-state index in [1.807, 2.05) is 0 Å². The molecule has 0 saturated carbocycles. The Morgan fingerprint density at radius 1 is 1.67 bits per heavy atom. The highest BCUT2D eigenvalue weighted by atomic mass is 35.5. The van der Waals surface area contributed by atoms with E-state index in [0.29, 0.717) is 6.54 Å². The molecule has 1 fully saturated rings. The van der Waals surface area contributed by atoms with Crippen molar-refractivity contribution in [1.82, 2.24) is 9.97 Å². The lowest BCUT2D eigenvalue weighted by atomic mass is 10.2. The molecular weight excluding hydrogens is 260 g/mol. The molecule has 0 radical (unpaired) electrons. The number of halogens is 1.